The van der Waals surface area contributed by atoms with Crippen LogP contribution < -0.4 is 15.5 Å². The highest BCUT2D eigenvalue weighted by atomic mass is 79.9. The Bertz CT molecular complexity index is 1470. The first kappa shape index (κ1) is 25.8. The van der Waals surface area contributed by atoms with Crippen LogP contribution in [-0.4, -0.2) is 24.0 Å². The van der Waals surface area contributed by atoms with E-state index in [1.54, 1.807) is 97.1 Å². The van der Waals surface area contributed by atoms with Crippen LogP contribution >= 0.6 is 27.5 Å². The number of esters is 1. The van der Waals surface area contributed by atoms with Gasteiger partial charge in [-0.3, -0.25) is 9.59 Å². The van der Waals surface area contributed by atoms with Crippen molar-refractivity contribution in [3.63, 3.8) is 0 Å². The van der Waals surface area contributed by atoms with Crippen LogP contribution in [0.2, 0.25) is 5.02 Å². The van der Waals surface area contributed by atoms with E-state index in [1.165, 1.54) is 6.21 Å². The molecule has 4 rings (SSSR count). The molecule has 7 nitrogen and oxygen atoms in total. The van der Waals surface area contributed by atoms with Crippen LogP contribution in [0.5, 0.6) is 5.75 Å². The number of rotatable bonds is 7. The lowest BCUT2D eigenvalue weighted by molar-refractivity contribution is 0.0733. The van der Waals surface area contributed by atoms with E-state index in [0.717, 1.165) is 4.47 Å². The summed E-state index contributed by atoms with van der Waals surface area (Å²) in [6.07, 6.45) is 1.37. The Hall–Kier alpha value is -4.27. The Morgan fingerprint density at radius 1 is 0.784 bits per heavy atom. The fraction of sp³-hybridized carbons (Fsp3) is 0. The fourth-order valence-corrected chi connectivity index (χ4v) is 3.62. The first-order valence-electron chi connectivity index (χ1n) is 11.0. The van der Waals surface area contributed by atoms with Crippen molar-refractivity contribution in [3.8, 4) is 5.75 Å². The molecule has 9 heteroatoms. The molecule has 2 amide bonds. The molecule has 0 heterocycles. The topological polar surface area (TPSA) is 96.9 Å². The average Bonchev–Trinajstić information content (AvgIpc) is 2.90. The first-order valence-corrected chi connectivity index (χ1v) is 12.1. The van der Waals surface area contributed by atoms with Crippen molar-refractivity contribution in [1.82, 2.24) is 5.43 Å². The van der Waals surface area contributed by atoms with Gasteiger partial charge in [0.2, 0.25) is 0 Å². The lowest BCUT2D eigenvalue weighted by atomic mass is 10.1. The van der Waals surface area contributed by atoms with Crippen molar-refractivity contribution >= 4 is 57.2 Å². The maximum absolute atomic E-state index is 12.8. The minimum absolute atomic E-state index is 0.219. The van der Waals surface area contributed by atoms with Gasteiger partial charge in [-0.15, -0.1) is 0 Å². The number of benzene rings is 4. The summed E-state index contributed by atoms with van der Waals surface area (Å²) in [7, 11) is 0. The smallest absolute Gasteiger partial charge is 0.343 e. The van der Waals surface area contributed by atoms with E-state index in [4.69, 9.17) is 16.3 Å². The van der Waals surface area contributed by atoms with Gasteiger partial charge in [0, 0.05) is 20.6 Å². The summed E-state index contributed by atoms with van der Waals surface area (Å²) >= 11 is 9.21. The number of carbonyl (C=O) groups excluding carboxylic acids is 3. The Morgan fingerprint density at radius 2 is 1.43 bits per heavy atom. The molecule has 0 bridgehead atoms. The van der Waals surface area contributed by atoms with Gasteiger partial charge in [-0.05, 0) is 72.8 Å². The van der Waals surface area contributed by atoms with Crippen molar-refractivity contribution < 1.29 is 19.1 Å². The molecule has 0 radical (unpaired) electrons. The number of hydrogen-bond donors (Lipinski definition) is 2. The Balaban J connectivity index is 1.44. The van der Waals surface area contributed by atoms with Gasteiger partial charge in [0.25, 0.3) is 11.8 Å². The highest BCUT2D eigenvalue weighted by Gasteiger charge is 2.14. The van der Waals surface area contributed by atoms with Crippen LogP contribution in [0, 0.1) is 0 Å². The second kappa shape index (κ2) is 12.1. The number of hydrogen-bond acceptors (Lipinski definition) is 5. The molecule has 2 N–H and O–H groups in total. The largest absolute Gasteiger partial charge is 0.422 e. The molecule has 0 spiro atoms. The van der Waals surface area contributed by atoms with Gasteiger partial charge in [-0.25, -0.2) is 10.2 Å². The van der Waals surface area contributed by atoms with Gasteiger partial charge in [0.05, 0.1) is 23.0 Å². The number of ether oxygens (including phenoxy) is 1. The zero-order valence-electron chi connectivity index (χ0n) is 19.2. The van der Waals surface area contributed by atoms with E-state index >= 15 is 0 Å². The molecule has 0 unspecified atom stereocenters. The quantitative estimate of drug-likeness (QED) is 0.116. The third-order valence-corrected chi connectivity index (χ3v) is 5.88. The normalized spacial score (nSPS) is 10.6. The van der Waals surface area contributed by atoms with Crippen molar-refractivity contribution in [2.24, 2.45) is 5.10 Å². The third-order valence-electron chi connectivity index (χ3n) is 5.10. The number of carbonyl (C=O) groups is 3. The van der Waals surface area contributed by atoms with Crippen molar-refractivity contribution in [2.45, 2.75) is 0 Å². The molecule has 0 aromatic heterocycles. The molecular weight excluding hydrogens is 558 g/mol. The third kappa shape index (κ3) is 6.91. The summed E-state index contributed by atoms with van der Waals surface area (Å²) < 4.78 is 6.36. The van der Waals surface area contributed by atoms with E-state index in [2.05, 4.69) is 31.8 Å². The predicted molar refractivity (Wildman–Crippen MR) is 146 cm³/mol. The molecule has 0 fully saturated rings. The van der Waals surface area contributed by atoms with E-state index < -0.39 is 11.9 Å². The summed E-state index contributed by atoms with van der Waals surface area (Å²) in [5.41, 5.74) is 4.25. The van der Waals surface area contributed by atoms with Crippen LogP contribution in [0.4, 0.5) is 5.69 Å². The average molecular weight is 577 g/mol. The van der Waals surface area contributed by atoms with Crippen molar-refractivity contribution in [2.75, 3.05) is 5.32 Å². The van der Waals surface area contributed by atoms with Gasteiger partial charge in [0.1, 0.15) is 5.75 Å². The maximum Gasteiger partial charge on any atom is 0.343 e. The molecule has 0 aliphatic carbocycles. The summed E-state index contributed by atoms with van der Waals surface area (Å²) in [5, 5.41) is 7.25. The van der Waals surface area contributed by atoms with Crippen LogP contribution in [-0.2, 0) is 0 Å². The Morgan fingerprint density at radius 3 is 2.19 bits per heavy atom. The Labute approximate surface area is 226 Å². The second-order valence-corrected chi connectivity index (χ2v) is 8.99. The Kier molecular flexibility index (Phi) is 8.45. The summed E-state index contributed by atoms with van der Waals surface area (Å²) in [4.78, 5) is 37.9. The van der Waals surface area contributed by atoms with Crippen molar-refractivity contribution in [3.05, 3.63) is 129 Å². The van der Waals surface area contributed by atoms with E-state index in [0.29, 0.717) is 27.4 Å². The standard InChI is InChI=1S/C28H19BrClN3O4/c29-21-13-9-19(10-14-21)28(36)37-25-8-4-1-5-20(25)17-31-33-27(35)23-6-2-3-7-24(23)32-26(34)18-11-15-22(30)16-12-18/h1-17H,(H,32,34)(H,33,35)/b31-17-. The monoisotopic (exact) mass is 575 g/mol. The molecule has 4 aromatic rings. The van der Waals surface area contributed by atoms with Crippen LogP contribution in [0.15, 0.2) is 107 Å². The summed E-state index contributed by atoms with van der Waals surface area (Å²) in [6, 6.07) is 26.5. The number of nitrogens with zero attached hydrogens (tertiary/aromatic N) is 1. The number of halogens is 2. The minimum Gasteiger partial charge on any atom is -0.422 e. The fourth-order valence-electron chi connectivity index (χ4n) is 3.23. The minimum atomic E-state index is -0.535. The molecule has 0 atom stereocenters. The molecule has 0 aliphatic heterocycles. The molecule has 0 saturated carbocycles. The number of nitrogens with one attached hydrogen (secondary N) is 2. The zero-order valence-corrected chi connectivity index (χ0v) is 21.5. The van der Waals surface area contributed by atoms with Crippen LogP contribution in [0.25, 0.3) is 0 Å². The first-order chi connectivity index (χ1) is 17.9. The van der Waals surface area contributed by atoms with Crippen molar-refractivity contribution in [1.29, 1.82) is 0 Å². The molecule has 0 saturated heterocycles. The summed E-state index contributed by atoms with van der Waals surface area (Å²) in [5.74, 6) is -1.17. The van der Waals surface area contributed by atoms with Gasteiger partial charge < -0.3 is 10.1 Å². The van der Waals surface area contributed by atoms with E-state index in [-0.39, 0.29) is 17.2 Å². The maximum atomic E-state index is 12.8. The van der Waals surface area contributed by atoms with Gasteiger partial charge in [-0.2, -0.15) is 5.10 Å². The second-order valence-electron chi connectivity index (χ2n) is 7.64. The molecule has 0 aliphatic rings. The lowest BCUT2D eigenvalue weighted by Gasteiger charge is -2.10. The predicted octanol–water partition coefficient (Wildman–Crippen LogP) is 6.34. The molecule has 37 heavy (non-hydrogen) atoms. The van der Waals surface area contributed by atoms with E-state index in [9.17, 15) is 14.4 Å². The zero-order chi connectivity index (χ0) is 26.2. The van der Waals surface area contributed by atoms with Gasteiger partial charge >= 0.3 is 5.97 Å². The SMILES string of the molecule is O=C(Nc1ccccc1C(=O)N/N=C\c1ccccc1OC(=O)c1ccc(Br)cc1)c1ccc(Cl)cc1. The molecule has 4 aromatic carbocycles. The number of para-hydroxylation sites is 2. The number of anilines is 1. The van der Waals surface area contributed by atoms with Crippen LogP contribution in [0.3, 0.4) is 0 Å². The number of amides is 2. The summed E-state index contributed by atoms with van der Waals surface area (Å²) in [6.45, 7) is 0. The highest BCUT2D eigenvalue weighted by Crippen LogP contribution is 2.20. The van der Waals surface area contributed by atoms with Gasteiger partial charge in [-0.1, -0.05) is 51.8 Å². The highest BCUT2D eigenvalue weighted by molar-refractivity contribution is 9.10. The molecule has 184 valence electrons. The van der Waals surface area contributed by atoms with Gasteiger partial charge in [0.15, 0.2) is 0 Å². The molecular formula is C28H19BrClN3O4. The van der Waals surface area contributed by atoms with E-state index in [1.807, 2.05) is 0 Å². The van der Waals surface area contributed by atoms with Crippen LogP contribution in [0.1, 0.15) is 36.6 Å². The lowest BCUT2D eigenvalue weighted by Crippen LogP contribution is -2.21. The number of hydrazone groups is 1.